The molecule has 1 aliphatic heterocycles. The van der Waals surface area contributed by atoms with Crippen LogP contribution in [0.15, 0.2) is 42.2 Å². The van der Waals surface area contributed by atoms with Gasteiger partial charge >= 0.3 is 5.97 Å². The predicted octanol–water partition coefficient (Wildman–Crippen LogP) is 4.64. The van der Waals surface area contributed by atoms with E-state index in [-0.39, 0.29) is 18.1 Å². The largest absolute Gasteiger partial charge is 0.481 e. The van der Waals surface area contributed by atoms with Crippen LogP contribution >= 0.6 is 0 Å². The molecule has 3 rings (SSSR count). The molecule has 0 spiro atoms. The van der Waals surface area contributed by atoms with E-state index in [2.05, 4.69) is 0 Å². The third-order valence-electron chi connectivity index (χ3n) is 4.18. The Hall–Kier alpha value is -3.08. The molecule has 2 aromatic rings. The fourth-order valence-electron chi connectivity index (χ4n) is 2.85. The fourth-order valence-corrected chi connectivity index (χ4v) is 2.85. The van der Waals surface area contributed by atoms with Gasteiger partial charge < -0.3 is 14.2 Å². The molecule has 0 aromatic heterocycles. The summed E-state index contributed by atoms with van der Waals surface area (Å²) >= 11 is 0. The van der Waals surface area contributed by atoms with Crippen molar-refractivity contribution in [3.8, 4) is 11.5 Å². The van der Waals surface area contributed by atoms with Crippen molar-refractivity contribution in [1.82, 2.24) is 0 Å². The van der Waals surface area contributed by atoms with E-state index < -0.39 is 11.6 Å². The number of rotatable bonds is 4. The second-order valence-electron chi connectivity index (χ2n) is 7.79. The topological polar surface area (TPSA) is 61.8 Å². The second-order valence-corrected chi connectivity index (χ2v) is 7.79. The van der Waals surface area contributed by atoms with E-state index in [0.29, 0.717) is 22.6 Å². The first-order valence-corrected chi connectivity index (χ1v) is 9.13. The van der Waals surface area contributed by atoms with Crippen molar-refractivity contribution in [3.63, 3.8) is 0 Å². The van der Waals surface area contributed by atoms with Crippen LogP contribution in [0.25, 0.3) is 6.08 Å². The van der Waals surface area contributed by atoms with Crippen molar-refractivity contribution in [2.75, 3.05) is 6.61 Å². The van der Waals surface area contributed by atoms with Gasteiger partial charge in [-0.3, -0.25) is 4.79 Å². The molecule has 0 bridgehead atoms. The molecule has 0 amide bonds. The van der Waals surface area contributed by atoms with Gasteiger partial charge in [0.05, 0.1) is 5.56 Å². The third kappa shape index (κ3) is 4.42. The number of allylic oxidation sites excluding steroid dienone is 1. The molecule has 1 aliphatic rings. The van der Waals surface area contributed by atoms with Crippen LogP contribution < -0.4 is 9.47 Å². The number of fused-ring (bicyclic) bond motifs is 1. The van der Waals surface area contributed by atoms with Gasteiger partial charge in [0.25, 0.3) is 0 Å². The lowest BCUT2D eigenvalue weighted by molar-refractivity contribution is -0.157. The summed E-state index contributed by atoms with van der Waals surface area (Å²) in [6.45, 7) is 8.99. The van der Waals surface area contributed by atoms with Gasteiger partial charge in [0.2, 0.25) is 5.78 Å². The molecule has 5 heteroatoms. The van der Waals surface area contributed by atoms with Gasteiger partial charge in [-0.2, -0.15) is 0 Å². The Morgan fingerprint density at radius 1 is 1.07 bits per heavy atom. The van der Waals surface area contributed by atoms with E-state index in [1.54, 1.807) is 45.9 Å². The molecule has 2 aromatic carbocycles. The van der Waals surface area contributed by atoms with E-state index >= 15 is 0 Å². The first-order chi connectivity index (χ1) is 13.1. The Morgan fingerprint density at radius 2 is 1.75 bits per heavy atom. The van der Waals surface area contributed by atoms with Crippen molar-refractivity contribution >= 4 is 17.8 Å². The molecule has 0 fully saturated rings. The smallest absolute Gasteiger partial charge is 0.344 e. The highest BCUT2D eigenvalue weighted by Crippen LogP contribution is 2.39. The van der Waals surface area contributed by atoms with Crippen LogP contribution in [0.2, 0.25) is 0 Å². The summed E-state index contributed by atoms with van der Waals surface area (Å²) in [7, 11) is 0. The minimum Gasteiger partial charge on any atom is -0.481 e. The summed E-state index contributed by atoms with van der Waals surface area (Å²) in [5, 5.41) is 0. The summed E-state index contributed by atoms with van der Waals surface area (Å²) in [6, 6.07) is 11.2. The van der Waals surface area contributed by atoms with Crippen LogP contribution in [-0.2, 0) is 9.53 Å². The zero-order valence-electron chi connectivity index (χ0n) is 16.8. The molecule has 1 heterocycles. The summed E-state index contributed by atoms with van der Waals surface area (Å²) in [4.78, 5) is 24.5. The van der Waals surface area contributed by atoms with Gasteiger partial charge in [0, 0.05) is 5.56 Å². The number of Topliss-reactive ketones (excluding diaryl/α,β-unsaturated/α-hetero) is 1. The van der Waals surface area contributed by atoms with Crippen molar-refractivity contribution in [2.45, 2.75) is 40.2 Å². The van der Waals surface area contributed by atoms with Crippen LogP contribution in [0.1, 0.15) is 47.8 Å². The minimum absolute atomic E-state index is 0.169. The number of carbonyl (C=O) groups is 2. The number of aryl methyl sites for hydroxylation is 1. The second kappa shape index (κ2) is 7.50. The normalized spacial score (nSPS) is 14.6. The first-order valence-electron chi connectivity index (χ1n) is 9.13. The number of esters is 1. The summed E-state index contributed by atoms with van der Waals surface area (Å²) in [6.07, 6.45) is 1.72. The summed E-state index contributed by atoms with van der Waals surface area (Å²) in [5.74, 6) is 0.590. The lowest BCUT2D eigenvalue weighted by Crippen LogP contribution is -2.27. The highest BCUT2D eigenvalue weighted by Gasteiger charge is 2.30. The lowest BCUT2D eigenvalue weighted by atomic mass is 10.1. The summed E-state index contributed by atoms with van der Waals surface area (Å²) < 4.78 is 16.7. The molecular weight excluding hydrogens is 356 g/mol. The fraction of sp³-hybridized carbons (Fsp3) is 0.304. The maximum atomic E-state index is 12.6. The molecule has 0 saturated carbocycles. The van der Waals surface area contributed by atoms with Crippen molar-refractivity contribution in [3.05, 3.63) is 64.4 Å². The Morgan fingerprint density at radius 3 is 2.39 bits per heavy atom. The average molecular weight is 380 g/mol. The van der Waals surface area contributed by atoms with E-state index in [4.69, 9.17) is 14.2 Å². The quantitative estimate of drug-likeness (QED) is 0.571. The molecule has 0 unspecified atom stereocenters. The number of ketones is 1. The SMILES string of the molecule is Cc1ccc(/C=C2\Oc3c(ccc(OCC(=O)OC(C)(C)C)c3C)C2=O)cc1. The Kier molecular flexibility index (Phi) is 5.27. The van der Waals surface area contributed by atoms with Crippen LogP contribution in [0.5, 0.6) is 11.5 Å². The number of hydrogen-bond acceptors (Lipinski definition) is 5. The Labute approximate surface area is 164 Å². The van der Waals surface area contributed by atoms with Gasteiger partial charge in [-0.05, 0) is 58.4 Å². The number of benzene rings is 2. The van der Waals surface area contributed by atoms with Crippen LogP contribution in [-0.4, -0.2) is 24.0 Å². The van der Waals surface area contributed by atoms with E-state index in [1.165, 1.54) is 0 Å². The average Bonchev–Trinajstić information content (AvgIpc) is 2.92. The van der Waals surface area contributed by atoms with Gasteiger partial charge in [-0.25, -0.2) is 4.79 Å². The molecule has 28 heavy (non-hydrogen) atoms. The maximum Gasteiger partial charge on any atom is 0.344 e. The lowest BCUT2D eigenvalue weighted by Gasteiger charge is -2.19. The monoisotopic (exact) mass is 380 g/mol. The zero-order valence-corrected chi connectivity index (χ0v) is 16.8. The number of ether oxygens (including phenoxy) is 3. The summed E-state index contributed by atoms with van der Waals surface area (Å²) in [5.41, 5.74) is 2.62. The van der Waals surface area contributed by atoms with E-state index in [1.807, 2.05) is 31.2 Å². The Bertz CT molecular complexity index is 946. The van der Waals surface area contributed by atoms with Crippen molar-refractivity contribution < 1.29 is 23.8 Å². The predicted molar refractivity (Wildman–Crippen MR) is 107 cm³/mol. The molecule has 0 saturated heterocycles. The molecular formula is C23H24O5. The molecule has 0 atom stereocenters. The molecule has 0 aliphatic carbocycles. The highest BCUT2D eigenvalue weighted by atomic mass is 16.6. The minimum atomic E-state index is -0.571. The maximum absolute atomic E-state index is 12.6. The van der Waals surface area contributed by atoms with Crippen LogP contribution in [0.3, 0.4) is 0 Å². The number of hydrogen-bond donors (Lipinski definition) is 0. The van der Waals surface area contributed by atoms with E-state index in [9.17, 15) is 9.59 Å². The molecule has 5 nitrogen and oxygen atoms in total. The molecule has 0 radical (unpaired) electrons. The van der Waals surface area contributed by atoms with Gasteiger partial charge in [-0.1, -0.05) is 29.8 Å². The Balaban J connectivity index is 1.77. The number of carbonyl (C=O) groups excluding carboxylic acids is 2. The van der Waals surface area contributed by atoms with E-state index in [0.717, 1.165) is 11.1 Å². The van der Waals surface area contributed by atoms with Crippen molar-refractivity contribution in [1.29, 1.82) is 0 Å². The highest BCUT2D eigenvalue weighted by molar-refractivity contribution is 6.14. The third-order valence-corrected chi connectivity index (χ3v) is 4.18. The van der Waals surface area contributed by atoms with Crippen LogP contribution in [0, 0.1) is 13.8 Å². The van der Waals surface area contributed by atoms with Gasteiger partial charge in [-0.15, -0.1) is 0 Å². The van der Waals surface area contributed by atoms with Crippen molar-refractivity contribution in [2.24, 2.45) is 0 Å². The van der Waals surface area contributed by atoms with Crippen LogP contribution in [0.4, 0.5) is 0 Å². The van der Waals surface area contributed by atoms with Gasteiger partial charge in [0.15, 0.2) is 12.4 Å². The standard InChI is InChI=1S/C23H24O5/c1-14-6-8-16(9-7-14)12-19-21(25)17-10-11-18(15(2)22(17)27-19)26-13-20(24)28-23(3,4)5/h6-12H,13H2,1-5H3/b19-12-. The zero-order chi connectivity index (χ0) is 20.5. The molecule has 146 valence electrons. The molecule has 0 N–H and O–H groups in total. The first kappa shape index (κ1) is 19.7. The van der Waals surface area contributed by atoms with Gasteiger partial charge in [0.1, 0.15) is 17.1 Å².